The number of carbonyl (C=O) groups excluding carboxylic acids is 3. The van der Waals surface area contributed by atoms with Gasteiger partial charge < -0.3 is 20.0 Å². The first-order valence-electron chi connectivity index (χ1n) is 10.5. The summed E-state index contributed by atoms with van der Waals surface area (Å²) in [5, 5.41) is 5.62. The molecule has 0 radical (unpaired) electrons. The zero-order valence-corrected chi connectivity index (χ0v) is 17.8. The van der Waals surface area contributed by atoms with Crippen LogP contribution < -0.4 is 10.6 Å². The SMILES string of the molecule is Cc1ccc(CN2CC(C(=O)Nc3ccccc3C(=O)NCc3ccco3)CC2=O)cc1. The Morgan fingerprint density at radius 3 is 2.59 bits per heavy atom. The average molecular weight is 431 g/mol. The van der Waals surface area contributed by atoms with E-state index in [0.717, 1.165) is 11.1 Å². The molecule has 0 aliphatic carbocycles. The number of aryl methyl sites for hydroxylation is 1. The molecule has 2 heterocycles. The number of nitrogens with one attached hydrogen (secondary N) is 2. The largest absolute Gasteiger partial charge is 0.467 e. The first-order valence-corrected chi connectivity index (χ1v) is 10.5. The van der Waals surface area contributed by atoms with Gasteiger partial charge in [0.1, 0.15) is 5.76 Å². The number of hydrogen-bond donors (Lipinski definition) is 2. The first-order chi connectivity index (χ1) is 15.5. The number of furan rings is 1. The van der Waals surface area contributed by atoms with Gasteiger partial charge in [-0.1, -0.05) is 42.0 Å². The molecule has 1 aliphatic heterocycles. The van der Waals surface area contributed by atoms with Crippen LogP contribution in [0.2, 0.25) is 0 Å². The van der Waals surface area contributed by atoms with Gasteiger partial charge in [-0.05, 0) is 36.8 Å². The smallest absolute Gasteiger partial charge is 0.253 e. The standard InChI is InChI=1S/C25H25N3O4/c1-17-8-10-18(11-9-17)15-28-16-19(13-23(28)29)24(30)27-22-7-3-2-6-21(22)25(31)26-14-20-5-4-12-32-20/h2-12,19H,13-16H2,1H3,(H,26,31)(H,27,30). The van der Waals surface area contributed by atoms with Crippen molar-refractivity contribution >= 4 is 23.4 Å². The number of carbonyl (C=O) groups is 3. The maximum Gasteiger partial charge on any atom is 0.253 e. The number of para-hydroxylation sites is 1. The monoisotopic (exact) mass is 431 g/mol. The summed E-state index contributed by atoms with van der Waals surface area (Å²) in [4.78, 5) is 39.7. The lowest BCUT2D eigenvalue weighted by Crippen LogP contribution is -2.29. The average Bonchev–Trinajstić information content (AvgIpc) is 3.44. The lowest BCUT2D eigenvalue weighted by molar-refractivity contribution is -0.128. The molecule has 4 rings (SSSR count). The third-order valence-corrected chi connectivity index (χ3v) is 5.51. The van der Waals surface area contributed by atoms with Gasteiger partial charge in [0.25, 0.3) is 5.91 Å². The van der Waals surface area contributed by atoms with Gasteiger partial charge in [-0.2, -0.15) is 0 Å². The Bertz CT molecular complexity index is 1110. The molecule has 0 saturated carbocycles. The quantitative estimate of drug-likeness (QED) is 0.599. The van der Waals surface area contributed by atoms with Gasteiger partial charge in [0.05, 0.1) is 30.0 Å². The van der Waals surface area contributed by atoms with Gasteiger partial charge >= 0.3 is 0 Å². The van der Waals surface area contributed by atoms with Crippen LogP contribution in [-0.4, -0.2) is 29.2 Å². The highest BCUT2D eigenvalue weighted by Gasteiger charge is 2.34. The van der Waals surface area contributed by atoms with Crippen LogP contribution in [0.25, 0.3) is 0 Å². The topological polar surface area (TPSA) is 91.7 Å². The summed E-state index contributed by atoms with van der Waals surface area (Å²) >= 11 is 0. The Labute approximate surface area is 186 Å². The predicted molar refractivity (Wildman–Crippen MR) is 120 cm³/mol. The summed E-state index contributed by atoms with van der Waals surface area (Å²) in [5.74, 6) is -0.461. The van der Waals surface area contributed by atoms with Crippen LogP contribution in [0.15, 0.2) is 71.3 Å². The number of rotatable bonds is 7. The number of likely N-dealkylation sites (tertiary alicyclic amines) is 1. The summed E-state index contributed by atoms with van der Waals surface area (Å²) in [6, 6.07) is 18.3. The highest BCUT2D eigenvalue weighted by molar-refractivity contribution is 6.05. The van der Waals surface area contributed by atoms with E-state index in [4.69, 9.17) is 4.42 Å². The number of hydrogen-bond acceptors (Lipinski definition) is 4. The van der Waals surface area contributed by atoms with Crippen molar-refractivity contribution in [3.8, 4) is 0 Å². The Morgan fingerprint density at radius 1 is 1.06 bits per heavy atom. The number of anilines is 1. The van der Waals surface area contributed by atoms with E-state index in [9.17, 15) is 14.4 Å². The molecule has 3 aromatic rings. The van der Waals surface area contributed by atoms with Crippen molar-refractivity contribution in [1.82, 2.24) is 10.2 Å². The first kappa shape index (κ1) is 21.4. The van der Waals surface area contributed by atoms with E-state index in [0.29, 0.717) is 30.1 Å². The summed E-state index contributed by atoms with van der Waals surface area (Å²) < 4.78 is 5.23. The molecule has 7 heteroatoms. The molecule has 32 heavy (non-hydrogen) atoms. The van der Waals surface area contributed by atoms with E-state index in [1.165, 1.54) is 0 Å². The van der Waals surface area contributed by atoms with E-state index in [2.05, 4.69) is 10.6 Å². The molecule has 164 valence electrons. The van der Waals surface area contributed by atoms with Crippen LogP contribution in [0, 0.1) is 12.8 Å². The highest BCUT2D eigenvalue weighted by atomic mass is 16.3. The zero-order chi connectivity index (χ0) is 22.5. The second kappa shape index (κ2) is 9.51. The Balaban J connectivity index is 1.38. The van der Waals surface area contributed by atoms with Crippen LogP contribution in [0.3, 0.4) is 0 Å². The minimum atomic E-state index is -0.466. The van der Waals surface area contributed by atoms with Gasteiger partial charge in [0.2, 0.25) is 11.8 Å². The van der Waals surface area contributed by atoms with Gasteiger partial charge in [0.15, 0.2) is 0 Å². The van der Waals surface area contributed by atoms with Crippen molar-refractivity contribution in [2.24, 2.45) is 5.92 Å². The molecule has 1 fully saturated rings. The molecular weight excluding hydrogens is 406 g/mol. The van der Waals surface area contributed by atoms with Crippen LogP contribution in [0.5, 0.6) is 0 Å². The van der Waals surface area contributed by atoms with Gasteiger partial charge in [0, 0.05) is 19.5 Å². The predicted octanol–water partition coefficient (Wildman–Crippen LogP) is 3.51. The third-order valence-electron chi connectivity index (χ3n) is 5.51. The molecule has 1 saturated heterocycles. The number of amides is 3. The van der Waals surface area contributed by atoms with E-state index in [1.54, 1.807) is 47.6 Å². The van der Waals surface area contributed by atoms with Gasteiger partial charge in [-0.3, -0.25) is 14.4 Å². The van der Waals surface area contributed by atoms with E-state index >= 15 is 0 Å². The number of nitrogens with zero attached hydrogens (tertiary/aromatic N) is 1. The third kappa shape index (κ3) is 5.06. The van der Waals surface area contributed by atoms with E-state index in [-0.39, 0.29) is 30.7 Å². The normalized spacial score (nSPS) is 15.6. The lowest BCUT2D eigenvalue weighted by atomic mass is 10.1. The lowest BCUT2D eigenvalue weighted by Gasteiger charge is -2.17. The Hall–Kier alpha value is -3.87. The van der Waals surface area contributed by atoms with Crippen molar-refractivity contribution < 1.29 is 18.8 Å². The van der Waals surface area contributed by atoms with Crippen molar-refractivity contribution in [2.75, 3.05) is 11.9 Å². The van der Waals surface area contributed by atoms with Crippen LogP contribution in [0.4, 0.5) is 5.69 Å². The maximum atomic E-state index is 12.9. The Morgan fingerprint density at radius 2 is 1.84 bits per heavy atom. The summed E-state index contributed by atoms with van der Waals surface area (Å²) in [5.41, 5.74) is 2.96. The fraction of sp³-hybridized carbons (Fsp3) is 0.240. The summed E-state index contributed by atoms with van der Waals surface area (Å²) in [6.45, 7) is 3.10. The van der Waals surface area contributed by atoms with Crippen LogP contribution in [0.1, 0.15) is 33.7 Å². The summed E-state index contributed by atoms with van der Waals surface area (Å²) in [7, 11) is 0. The van der Waals surface area contributed by atoms with Crippen molar-refractivity contribution in [1.29, 1.82) is 0 Å². The maximum absolute atomic E-state index is 12.9. The minimum absolute atomic E-state index is 0.0461. The van der Waals surface area contributed by atoms with Crippen LogP contribution in [-0.2, 0) is 22.7 Å². The van der Waals surface area contributed by atoms with E-state index in [1.807, 2.05) is 31.2 Å². The molecule has 0 spiro atoms. The van der Waals surface area contributed by atoms with Gasteiger partial charge in [-0.15, -0.1) is 0 Å². The molecule has 2 aromatic carbocycles. The molecule has 2 N–H and O–H groups in total. The van der Waals surface area contributed by atoms with Crippen molar-refractivity contribution in [3.05, 3.63) is 89.4 Å². The highest BCUT2D eigenvalue weighted by Crippen LogP contribution is 2.23. The number of benzene rings is 2. The molecule has 3 amide bonds. The Kier molecular flexibility index (Phi) is 6.35. The zero-order valence-electron chi connectivity index (χ0n) is 17.8. The summed E-state index contributed by atoms with van der Waals surface area (Å²) in [6.07, 6.45) is 1.70. The second-order valence-corrected chi connectivity index (χ2v) is 7.96. The second-order valence-electron chi connectivity index (χ2n) is 7.96. The van der Waals surface area contributed by atoms with Gasteiger partial charge in [-0.25, -0.2) is 0 Å². The fourth-order valence-corrected chi connectivity index (χ4v) is 3.72. The molecule has 7 nitrogen and oxygen atoms in total. The fourth-order valence-electron chi connectivity index (χ4n) is 3.72. The molecular formula is C25H25N3O4. The van der Waals surface area contributed by atoms with Crippen molar-refractivity contribution in [3.63, 3.8) is 0 Å². The van der Waals surface area contributed by atoms with Crippen LogP contribution >= 0.6 is 0 Å². The molecule has 1 aliphatic rings. The minimum Gasteiger partial charge on any atom is -0.467 e. The van der Waals surface area contributed by atoms with Crippen molar-refractivity contribution in [2.45, 2.75) is 26.4 Å². The van der Waals surface area contributed by atoms with E-state index < -0.39 is 5.92 Å². The molecule has 1 aromatic heterocycles. The molecule has 1 atom stereocenters. The molecule has 1 unspecified atom stereocenters. The molecule has 0 bridgehead atoms.